The predicted molar refractivity (Wildman–Crippen MR) is 245 cm³/mol. The highest BCUT2D eigenvalue weighted by atomic mass is 32.1. The summed E-state index contributed by atoms with van der Waals surface area (Å²) in [6.45, 7) is 9.51. The van der Waals surface area contributed by atoms with E-state index in [9.17, 15) is 19.8 Å². The number of nitrogens with zero attached hydrogens (tertiary/aromatic N) is 8. The molecule has 1 saturated carbocycles. The van der Waals surface area contributed by atoms with Crippen LogP contribution in [0, 0.1) is 12.8 Å². The van der Waals surface area contributed by atoms with Gasteiger partial charge >= 0.3 is 0 Å². The van der Waals surface area contributed by atoms with E-state index >= 15 is 0 Å². The number of para-hydroxylation sites is 1. The van der Waals surface area contributed by atoms with Gasteiger partial charge in [-0.15, -0.1) is 21.5 Å². The Hall–Kier alpha value is -6.45. The lowest BCUT2D eigenvalue weighted by atomic mass is 9.91. The van der Waals surface area contributed by atoms with E-state index < -0.39 is 18.1 Å². The second-order valence-corrected chi connectivity index (χ2v) is 18.7. The molecule has 5 aromatic heterocycles. The number of aromatic nitrogens is 6. The Morgan fingerprint density at radius 2 is 1.72 bits per heavy atom. The molecule has 14 nitrogen and oxygen atoms in total. The number of aliphatic hydroxyl groups is 1. The fourth-order valence-corrected chi connectivity index (χ4v) is 10.4. The highest BCUT2D eigenvalue weighted by molar-refractivity contribution is 7.13. The number of benzene rings is 2. The summed E-state index contributed by atoms with van der Waals surface area (Å²) in [5, 5.41) is 37.9. The number of pyridine rings is 1. The number of thiazole rings is 1. The number of phenols is 1. The number of β-amino-alcohol motifs (C(OH)–C–C–N with tert-alkyl or cyclic N) is 1. The summed E-state index contributed by atoms with van der Waals surface area (Å²) >= 11 is 1.59. The molecule has 3 aliphatic rings. The lowest BCUT2D eigenvalue weighted by Crippen LogP contribution is -2.48. The third-order valence-corrected chi connectivity index (χ3v) is 14.1. The van der Waals surface area contributed by atoms with Crippen molar-refractivity contribution in [2.45, 2.75) is 89.4 Å². The molecule has 328 valence electrons. The van der Waals surface area contributed by atoms with E-state index in [0.29, 0.717) is 34.4 Å². The molecule has 10 rings (SSSR count). The van der Waals surface area contributed by atoms with Gasteiger partial charge in [0.2, 0.25) is 11.8 Å². The summed E-state index contributed by atoms with van der Waals surface area (Å²) in [7, 11) is 0. The van der Waals surface area contributed by atoms with Crippen LogP contribution in [0.3, 0.4) is 0 Å². The minimum atomic E-state index is -0.838. The zero-order valence-electron chi connectivity index (χ0n) is 36.3. The van der Waals surface area contributed by atoms with E-state index in [4.69, 9.17) is 4.52 Å². The average molecular weight is 878 g/mol. The Bertz CT molecular complexity index is 2850. The average Bonchev–Trinajstić information content (AvgIpc) is 3.81. The number of aromatic hydroxyl groups is 1. The van der Waals surface area contributed by atoms with E-state index in [1.54, 1.807) is 35.7 Å². The van der Waals surface area contributed by atoms with Crippen LogP contribution in [-0.4, -0.2) is 88.6 Å². The van der Waals surface area contributed by atoms with Crippen LogP contribution in [0.25, 0.3) is 44.1 Å². The molecule has 3 N–H and O–H groups in total. The lowest BCUT2D eigenvalue weighted by Gasteiger charge is -2.29. The molecule has 5 atom stereocenters. The molecule has 2 aliphatic heterocycles. The van der Waals surface area contributed by atoms with E-state index in [1.807, 2.05) is 81.7 Å². The predicted octanol–water partition coefficient (Wildman–Crippen LogP) is 8.19. The summed E-state index contributed by atoms with van der Waals surface area (Å²) in [6.07, 6.45) is 4.31. The minimum absolute atomic E-state index is 0.0485. The highest BCUT2D eigenvalue weighted by Crippen LogP contribution is 2.44. The van der Waals surface area contributed by atoms with Crippen molar-refractivity contribution < 1.29 is 24.3 Å². The van der Waals surface area contributed by atoms with Crippen molar-refractivity contribution in [1.82, 2.24) is 40.1 Å². The summed E-state index contributed by atoms with van der Waals surface area (Å²) in [5.74, 6) is -0.683. The van der Waals surface area contributed by atoms with Gasteiger partial charge < -0.3 is 34.4 Å². The first-order valence-corrected chi connectivity index (χ1v) is 23.0. The molecule has 3 fully saturated rings. The number of hydrogen-bond acceptors (Lipinski definition) is 12. The van der Waals surface area contributed by atoms with Gasteiger partial charge in [-0.3, -0.25) is 14.6 Å². The van der Waals surface area contributed by atoms with Crippen LogP contribution in [0.15, 0.2) is 95.1 Å². The number of carbonyl (C=O) groups is 2. The number of rotatable bonds is 12. The molecule has 64 heavy (non-hydrogen) atoms. The number of nitrogens with one attached hydrogen (secondary N) is 1. The zero-order valence-corrected chi connectivity index (χ0v) is 37.1. The summed E-state index contributed by atoms with van der Waals surface area (Å²) in [6, 6.07) is 24.6. The number of fused-ring (bicyclic) bond motifs is 1. The Kier molecular flexibility index (Phi) is 11.0. The topological polar surface area (TPSA) is 176 Å². The van der Waals surface area contributed by atoms with Crippen LogP contribution in [0.4, 0.5) is 5.69 Å². The zero-order chi connectivity index (χ0) is 44.2. The van der Waals surface area contributed by atoms with Gasteiger partial charge in [0, 0.05) is 67.2 Å². The third-order valence-electron chi connectivity index (χ3n) is 13.1. The van der Waals surface area contributed by atoms with Crippen molar-refractivity contribution in [3.05, 3.63) is 113 Å². The molecule has 0 spiro atoms. The molecule has 1 aliphatic carbocycles. The number of aryl methyl sites for hydroxylation is 1. The number of likely N-dealkylation sites (tertiary alicyclic amines) is 1. The van der Waals surface area contributed by atoms with Crippen LogP contribution in [0.1, 0.15) is 93.1 Å². The Balaban J connectivity index is 0.830. The molecule has 15 heteroatoms. The van der Waals surface area contributed by atoms with Crippen molar-refractivity contribution >= 4 is 39.9 Å². The second kappa shape index (κ2) is 16.9. The molecule has 0 radical (unpaired) electrons. The second-order valence-electron chi connectivity index (χ2n) is 17.9. The number of carbonyl (C=O) groups excluding carboxylic acids is 2. The van der Waals surface area contributed by atoms with Crippen molar-refractivity contribution in [2.24, 2.45) is 5.92 Å². The number of aliphatic hydroxyl groups excluding tert-OH is 1. The normalized spacial score (nSPS) is 19.8. The standard InChI is InChI=1S/C49H51N9O5S/c1-27(2)46(49(62)57-25-35(59)20-43(57)48(61)52-28(3)30-9-11-31(12-10-30)47-29(4)51-26-64-47)45-23-39(55-63-45)38-19-34(15-17-50-38)56-18-16-32(24-56)41-22-40-42(58(41)33-13-14-33)21-37(53-54-40)36-7-5-6-8-44(36)60/h5-12,15,17,19,21-23,26-28,32-33,35,43,46,59-60H,13-14,16,18,20,24-25H2,1-4H3,(H,52,61)/t28-,32?,35+,43-,46?/m0/s1. The Morgan fingerprint density at radius 3 is 2.47 bits per heavy atom. The Morgan fingerprint density at radius 1 is 0.906 bits per heavy atom. The van der Waals surface area contributed by atoms with Crippen molar-refractivity contribution in [1.29, 1.82) is 0 Å². The maximum Gasteiger partial charge on any atom is 0.243 e. The van der Waals surface area contributed by atoms with Crippen LogP contribution in [-0.2, 0) is 9.59 Å². The minimum Gasteiger partial charge on any atom is -0.507 e. The number of phenolic OH excluding ortho intramolecular Hbond substituents is 1. The lowest BCUT2D eigenvalue weighted by molar-refractivity contribution is -0.141. The summed E-state index contributed by atoms with van der Waals surface area (Å²) in [5.41, 5.74) is 11.5. The first-order chi connectivity index (χ1) is 31.0. The first kappa shape index (κ1) is 41.6. The molecular weight excluding hydrogens is 827 g/mol. The smallest absolute Gasteiger partial charge is 0.243 e. The number of amides is 2. The van der Waals surface area contributed by atoms with Gasteiger partial charge in [-0.05, 0) is 86.6 Å². The fraction of sp³-hybridized carbons (Fsp3) is 0.367. The molecule has 2 unspecified atom stereocenters. The van der Waals surface area contributed by atoms with Crippen molar-refractivity contribution in [3.8, 4) is 38.8 Å². The van der Waals surface area contributed by atoms with Crippen LogP contribution >= 0.6 is 11.3 Å². The first-order valence-electron chi connectivity index (χ1n) is 22.1. The molecule has 7 heterocycles. The number of anilines is 1. The molecule has 2 aromatic carbocycles. The maximum absolute atomic E-state index is 14.4. The van der Waals surface area contributed by atoms with Gasteiger partial charge in [-0.25, -0.2) is 4.98 Å². The Labute approximate surface area is 375 Å². The van der Waals surface area contributed by atoms with Gasteiger partial charge in [0.15, 0.2) is 0 Å². The quantitative estimate of drug-likeness (QED) is 0.108. The van der Waals surface area contributed by atoms with Gasteiger partial charge in [-0.1, -0.05) is 55.4 Å². The van der Waals surface area contributed by atoms with Crippen LogP contribution in [0.5, 0.6) is 5.75 Å². The van der Waals surface area contributed by atoms with Crippen molar-refractivity contribution in [2.75, 3.05) is 24.5 Å². The van der Waals surface area contributed by atoms with E-state index in [-0.39, 0.29) is 48.4 Å². The van der Waals surface area contributed by atoms with Gasteiger partial charge in [-0.2, -0.15) is 0 Å². The van der Waals surface area contributed by atoms with E-state index in [2.05, 4.69) is 52.2 Å². The van der Waals surface area contributed by atoms with Crippen molar-refractivity contribution in [3.63, 3.8) is 0 Å². The monoisotopic (exact) mass is 877 g/mol. The fourth-order valence-electron chi connectivity index (χ4n) is 9.58. The van der Waals surface area contributed by atoms with E-state index in [1.165, 1.54) is 10.6 Å². The van der Waals surface area contributed by atoms with Gasteiger partial charge in [0.05, 0.1) is 45.1 Å². The highest BCUT2D eigenvalue weighted by Gasteiger charge is 2.44. The molecule has 7 aromatic rings. The van der Waals surface area contributed by atoms with E-state index in [0.717, 1.165) is 70.8 Å². The molecular formula is C49H51N9O5S. The van der Waals surface area contributed by atoms with Gasteiger partial charge in [0.1, 0.15) is 34.7 Å². The largest absolute Gasteiger partial charge is 0.507 e. The van der Waals surface area contributed by atoms with Crippen LogP contribution in [0.2, 0.25) is 0 Å². The summed E-state index contributed by atoms with van der Waals surface area (Å²) in [4.78, 5) is 42.2. The molecule has 0 bridgehead atoms. The maximum atomic E-state index is 14.4. The molecule has 2 saturated heterocycles. The molecule has 2 amide bonds. The SMILES string of the molecule is Cc1ncsc1-c1ccc([C@H](C)NC(=O)[C@@H]2C[C@@H](O)CN2C(=O)C(c2cc(-c3cc(N4CCC(c5cc6nnc(-c7ccccc7O)cc6n5C5CC5)C4)ccn3)no2)C(C)C)cc1. The van der Waals surface area contributed by atoms with Gasteiger partial charge in [0.25, 0.3) is 0 Å². The third kappa shape index (κ3) is 7.91. The number of hydrogen-bond donors (Lipinski definition) is 3. The summed E-state index contributed by atoms with van der Waals surface area (Å²) < 4.78 is 8.37. The van der Waals surface area contributed by atoms with Crippen LogP contribution < -0.4 is 10.2 Å².